The largest absolute Gasteiger partial charge is 0.494 e. The smallest absolute Gasteiger partial charge is 0.145 e. The summed E-state index contributed by atoms with van der Waals surface area (Å²) in [6.07, 6.45) is 3.62. The fourth-order valence-corrected chi connectivity index (χ4v) is 2.83. The molecular formula is C15H15N3OS. The number of thiazole rings is 1. The fourth-order valence-electron chi connectivity index (χ4n) is 2.18. The molecule has 4 nitrogen and oxygen atoms in total. The van der Waals surface area contributed by atoms with Crippen molar-refractivity contribution >= 4 is 27.9 Å². The minimum Gasteiger partial charge on any atom is -0.494 e. The summed E-state index contributed by atoms with van der Waals surface area (Å²) in [5, 5.41) is 7.60. The van der Waals surface area contributed by atoms with Gasteiger partial charge in [-0.25, -0.2) is 4.98 Å². The third kappa shape index (κ3) is 2.32. The van der Waals surface area contributed by atoms with Crippen LogP contribution in [0.15, 0.2) is 42.0 Å². The Morgan fingerprint density at radius 3 is 2.85 bits per heavy atom. The normalized spacial score (nSPS) is 12.3. The number of hydrogen-bond donors (Lipinski definition) is 1. The predicted molar refractivity (Wildman–Crippen MR) is 82.4 cm³/mol. The van der Waals surface area contributed by atoms with Gasteiger partial charge < -0.3 is 10.1 Å². The highest BCUT2D eigenvalue weighted by Gasteiger charge is 2.11. The van der Waals surface area contributed by atoms with Crippen LogP contribution in [0.2, 0.25) is 0 Å². The van der Waals surface area contributed by atoms with Crippen molar-refractivity contribution in [1.82, 2.24) is 9.97 Å². The van der Waals surface area contributed by atoms with Crippen LogP contribution in [0.25, 0.3) is 10.9 Å². The first-order chi connectivity index (χ1) is 9.79. The van der Waals surface area contributed by atoms with Crippen molar-refractivity contribution in [2.24, 2.45) is 0 Å². The van der Waals surface area contributed by atoms with E-state index in [1.807, 2.05) is 35.8 Å². The van der Waals surface area contributed by atoms with Gasteiger partial charge in [-0.2, -0.15) is 0 Å². The standard InChI is InChI=1S/C15H15N3OS/c1-10(15-17-8-9-20-15)18-12-6-7-16-14-11(12)4-3-5-13(14)19-2/h3-10H,1-2H3,(H,16,18)/t10-/m0/s1. The molecule has 0 radical (unpaired) electrons. The summed E-state index contributed by atoms with van der Waals surface area (Å²) in [5.74, 6) is 0.785. The van der Waals surface area contributed by atoms with Crippen LogP contribution in [0.3, 0.4) is 0 Å². The van der Waals surface area contributed by atoms with Crippen molar-refractivity contribution in [3.05, 3.63) is 47.0 Å². The zero-order valence-electron chi connectivity index (χ0n) is 11.3. The van der Waals surface area contributed by atoms with Gasteiger partial charge in [0.05, 0.1) is 13.2 Å². The van der Waals surface area contributed by atoms with E-state index in [2.05, 4.69) is 22.2 Å². The lowest BCUT2D eigenvalue weighted by atomic mass is 10.1. The van der Waals surface area contributed by atoms with E-state index in [0.717, 1.165) is 27.3 Å². The van der Waals surface area contributed by atoms with Crippen LogP contribution in [0.1, 0.15) is 18.0 Å². The van der Waals surface area contributed by atoms with Crippen molar-refractivity contribution in [3.8, 4) is 5.75 Å². The van der Waals surface area contributed by atoms with Crippen molar-refractivity contribution in [2.45, 2.75) is 13.0 Å². The molecule has 3 rings (SSSR count). The molecule has 0 unspecified atom stereocenters. The lowest BCUT2D eigenvalue weighted by Crippen LogP contribution is -2.06. The Morgan fingerprint density at radius 1 is 1.20 bits per heavy atom. The Bertz CT molecular complexity index is 712. The number of para-hydroxylation sites is 1. The summed E-state index contributed by atoms with van der Waals surface area (Å²) in [4.78, 5) is 8.75. The molecule has 5 heteroatoms. The van der Waals surface area contributed by atoms with E-state index in [4.69, 9.17) is 4.74 Å². The van der Waals surface area contributed by atoms with Crippen LogP contribution < -0.4 is 10.1 Å². The van der Waals surface area contributed by atoms with Gasteiger partial charge in [-0.3, -0.25) is 4.98 Å². The van der Waals surface area contributed by atoms with Crippen LogP contribution in [0.5, 0.6) is 5.75 Å². The van der Waals surface area contributed by atoms with Crippen LogP contribution in [-0.2, 0) is 0 Å². The van der Waals surface area contributed by atoms with E-state index in [1.54, 1.807) is 24.6 Å². The quantitative estimate of drug-likeness (QED) is 0.790. The maximum absolute atomic E-state index is 5.36. The minimum atomic E-state index is 0.159. The Kier molecular flexibility index (Phi) is 3.52. The van der Waals surface area contributed by atoms with Gasteiger partial charge in [-0.1, -0.05) is 12.1 Å². The number of rotatable bonds is 4. The molecule has 0 spiro atoms. The van der Waals surface area contributed by atoms with Gasteiger partial charge >= 0.3 is 0 Å². The summed E-state index contributed by atoms with van der Waals surface area (Å²) in [5.41, 5.74) is 1.91. The second-order valence-corrected chi connectivity index (χ2v) is 5.38. The van der Waals surface area contributed by atoms with E-state index in [9.17, 15) is 0 Å². The van der Waals surface area contributed by atoms with Crippen LogP contribution >= 0.6 is 11.3 Å². The van der Waals surface area contributed by atoms with Crippen molar-refractivity contribution in [2.75, 3.05) is 12.4 Å². The average Bonchev–Trinajstić information content (AvgIpc) is 3.01. The second kappa shape index (κ2) is 5.46. The van der Waals surface area contributed by atoms with Gasteiger partial charge in [0.25, 0.3) is 0 Å². The van der Waals surface area contributed by atoms with Crippen molar-refractivity contribution in [3.63, 3.8) is 0 Å². The molecular weight excluding hydrogens is 270 g/mol. The minimum absolute atomic E-state index is 0.159. The maximum Gasteiger partial charge on any atom is 0.145 e. The zero-order valence-corrected chi connectivity index (χ0v) is 12.1. The molecule has 20 heavy (non-hydrogen) atoms. The Hall–Kier alpha value is -2.14. The van der Waals surface area contributed by atoms with Gasteiger partial charge in [0.15, 0.2) is 0 Å². The summed E-state index contributed by atoms with van der Waals surface area (Å²) < 4.78 is 5.36. The van der Waals surface area contributed by atoms with Gasteiger partial charge in [0.2, 0.25) is 0 Å². The lowest BCUT2D eigenvalue weighted by molar-refractivity contribution is 0.419. The van der Waals surface area contributed by atoms with E-state index < -0.39 is 0 Å². The number of ether oxygens (including phenoxy) is 1. The number of nitrogens with one attached hydrogen (secondary N) is 1. The molecule has 0 amide bonds. The number of hydrogen-bond acceptors (Lipinski definition) is 5. The van der Waals surface area contributed by atoms with Crippen molar-refractivity contribution in [1.29, 1.82) is 0 Å². The highest BCUT2D eigenvalue weighted by atomic mass is 32.1. The molecule has 1 atom stereocenters. The fraction of sp³-hybridized carbons (Fsp3) is 0.200. The summed E-state index contributed by atoms with van der Waals surface area (Å²) in [7, 11) is 1.66. The summed E-state index contributed by atoms with van der Waals surface area (Å²) in [6.45, 7) is 2.10. The molecule has 1 N–H and O–H groups in total. The molecule has 0 aliphatic carbocycles. The molecule has 2 heterocycles. The predicted octanol–water partition coefficient (Wildman–Crippen LogP) is 3.87. The third-order valence-corrected chi connectivity index (χ3v) is 4.11. The molecule has 1 aromatic carbocycles. The van der Waals surface area contributed by atoms with E-state index in [-0.39, 0.29) is 6.04 Å². The monoisotopic (exact) mass is 285 g/mol. The highest BCUT2D eigenvalue weighted by molar-refractivity contribution is 7.09. The number of pyridine rings is 1. The molecule has 0 aliphatic heterocycles. The SMILES string of the molecule is COc1cccc2c(N[C@@H](C)c3nccs3)ccnc12. The number of benzene rings is 1. The molecule has 0 saturated carbocycles. The number of fused-ring (bicyclic) bond motifs is 1. The molecule has 2 aromatic heterocycles. The van der Waals surface area contributed by atoms with Gasteiger partial charge in [0, 0.05) is 28.8 Å². The number of nitrogens with zero attached hydrogens (tertiary/aromatic N) is 2. The van der Waals surface area contributed by atoms with Crippen molar-refractivity contribution < 1.29 is 4.74 Å². The van der Waals surface area contributed by atoms with Crippen LogP contribution in [0, 0.1) is 0 Å². The van der Waals surface area contributed by atoms with Crippen LogP contribution in [-0.4, -0.2) is 17.1 Å². The Morgan fingerprint density at radius 2 is 2.10 bits per heavy atom. The zero-order chi connectivity index (χ0) is 13.9. The van der Waals surface area contributed by atoms with Gasteiger partial charge in [-0.05, 0) is 19.1 Å². The van der Waals surface area contributed by atoms with Crippen LogP contribution in [0.4, 0.5) is 5.69 Å². The first-order valence-electron chi connectivity index (χ1n) is 6.37. The van der Waals surface area contributed by atoms with E-state index >= 15 is 0 Å². The molecule has 0 bridgehead atoms. The Balaban J connectivity index is 2.00. The number of anilines is 1. The summed E-state index contributed by atoms with van der Waals surface area (Å²) in [6, 6.07) is 8.07. The maximum atomic E-state index is 5.36. The molecule has 3 aromatic rings. The second-order valence-electron chi connectivity index (χ2n) is 4.45. The van der Waals surface area contributed by atoms with E-state index in [1.165, 1.54) is 0 Å². The molecule has 0 fully saturated rings. The molecule has 102 valence electrons. The number of methoxy groups -OCH3 is 1. The van der Waals surface area contributed by atoms with Gasteiger partial charge in [0.1, 0.15) is 16.3 Å². The van der Waals surface area contributed by atoms with E-state index in [0.29, 0.717) is 0 Å². The average molecular weight is 285 g/mol. The lowest BCUT2D eigenvalue weighted by Gasteiger charge is -2.15. The first-order valence-corrected chi connectivity index (χ1v) is 7.25. The van der Waals surface area contributed by atoms with Gasteiger partial charge in [-0.15, -0.1) is 11.3 Å². The topological polar surface area (TPSA) is 47.0 Å². The first kappa shape index (κ1) is 12.9. The number of aromatic nitrogens is 2. The third-order valence-electron chi connectivity index (χ3n) is 3.15. The molecule has 0 aliphatic rings. The highest BCUT2D eigenvalue weighted by Crippen LogP contribution is 2.30. The Labute approximate surface area is 121 Å². The summed E-state index contributed by atoms with van der Waals surface area (Å²) >= 11 is 1.65. The molecule has 0 saturated heterocycles.